The summed E-state index contributed by atoms with van der Waals surface area (Å²) in [5.74, 6) is 0.948. The van der Waals surface area contributed by atoms with E-state index in [1.165, 1.54) is 4.31 Å². The van der Waals surface area contributed by atoms with Crippen molar-refractivity contribution in [2.45, 2.75) is 45.2 Å². The summed E-state index contributed by atoms with van der Waals surface area (Å²) in [6.45, 7) is 4.20. The number of aryl methyl sites for hydroxylation is 1. The standard InChI is InChI=1S/C18H28N2O5S/c1-12-10-16(24-3)17(25-4)11-14(12)13(2)19-18(21)15-8-6-7-9-20(15)26(5,22)23/h10-11,13,15H,6-9H2,1-5H3,(H,19,21). The van der Waals surface area contributed by atoms with Crippen molar-refractivity contribution < 1.29 is 22.7 Å². The average molecular weight is 384 g/mol. The van der Waals surface area contributed by atoms with Crippen LogP contribution in [0.1, 0.15) is 43.4 Å². The molecule has 1 fully saturated rings. The van der Waals surface area contributed by atoms with Crippen molar-refractivity contribution in [1.29, 1.82) is 0 Å². The topological polar surface area (TPSA) is 84.9 Å². The molecule has 0 spiro atoms. The van der Waals surface area contributed by atoms with Crippen LogP contribution in [0.2, 0.25) is 0 Å². The summed E-state index contributed by atoms with van der Waals surface area (Å²) in [5.41, 5.74) is 1.86. The second-order valence-corrected chi connectivity index (χ2v) is 8.61. The quantitative estimate of drug-likeness (QED) is 0.811. The first-order chi connectivity index (χ1) is 12.2. The summed E-state index contributed by atoms with van der Waals surface area (Å²) < 4.78 is 35.9. The van der Waals surface area contributed by atoms with Crippen molar-refractivity contribution in [1.82, 2.24) is 9.62 Å². The second-order valence-electron chi connectivity index (χ2n) is 6.68. The number of rotatable bonds is 6. The molecule has 1 N–H and O–H groups in total. The summed E-state index contributed by atoms with van der Waals surface area (Å²) in [6.07, 6.45) is 3.31. The number of carbonyl (C=O) groups is 1. The molecule has 0 saturated carbocycles. The Hall–Kier alpha value is -1.80. The zero-order valence-corrected chi connectivity index (χ0v) is 16.9. The SMILES string of the molecule is COc1cc(C)c(C(C)NC(=O)C2CCCCN2S(C)(=O)=O)cc1OC. The number of hydrogen-bond donors (Lipinski definition) is 1. The third-order valence-corrected chi connectivity index (χ3v) is 6.07. The molecule has 1 saturated heterocycles. The van der Waals surface area contributed by atoms with Gasteiger partial charge in [-0.15, -0.1) is 0 Å². The molecule has 1 aromatic rings. The Labute approximate surface area is 155 Å². The van der Waals surface area contributed by atoms with Crippen LogP contribution in [0, 0.1) is 6.92 Å². The summed E-state index contributed by atoms with van der Waals surface area (Å²) in [7, 11) is -0.276. The van der Waals surface area contributed by atoms with Gasteiger partial charge in [-0.3, -0.25) is 4.79 Å². The van der Waals surface area contributed by atoms with E-state index < -0.39 is 16.1 Å². The van der Waals surface area contributed by atoms with E-state index in [4.69, 9.17) is 9.47 Å². The summed E-state index contributed by atoms with van der Waals surface area (Å²) >= 11 is 0. The fourth-order valence-corrected chi connectivity index (χ4v) is 4.54. The number of nitrogens with zero attached hydrogens (tertiary/aromatic N) is 1. The highest BCUT2D eigenvalue weighted by Gasteiger charge is 2.35. The lowest BCUT2D eigenvalue weighted by molar-refractivity contribution is -0.126. The highest BCUT2D eigenvalue weighted by molar-refractivity contribution is 7.88. The molecular weight excluding hydrogens is 356 g/mol. The fourth-order valence-electron chi connectivity index (χ4n) is 3.41. The maximum absolute atomic E-state index is 12.8. The van der Waals surface area contributed by atoms with Crippen LogP contribution < -0.4 is 14.8 Å². The molecule has 1 heterocycles. The van der Waals surface area contributed by atoms with Crippen LogP contribution in [-0.4, -0.2) is 51.7 Å². The lowest BCUT2D eigenvalue weighted by Crippen LogP contribution is -2.51. The van der Waals surface area contributed by atoms with E-state index in [-0.39, 0.29) is 11.9 Å². The van der Waals surface area contributed by atoms with Crippen LogP contribution in [0.25, 0.3) is 0 Å². The smallest absolute Gasteiger partial charge is 0.238 e. The largest absolute Gasteiger partial charge is 0.493 e. The molecule has 8 heteroatoms. The Balaban J connectivity index is 2.21. The van der Waals surface area contributed by atoms with E-state index in [0.717, 1.165) is 30.2 Å². The van der Waals surface area contributed by atoms with Crippen molar-refractivity contribution in [3.63, 3.8) is 0 Å². The van der Waals surface area contributed by atoms with Crippen molar-refractivity contribution in [2.75, 3.05) is 27.0 Å². The zero-order valence-electron chi connectivity index (χ0n) is 16.0. The van der Waals surface area contributed by atoms with Crippen LogP contribution >= 0.6 is 0 Å². The fraction of sp³-hybridized carbons (Fsp3) is 0.611. The minimum absolute atomic E-state index is 0.267. The van der Waals surface area contributed by atoms with E-state index >= 15 is 0 Å². The molecule has 1 amide bonds. The van der Waals surface area contributed by atoms with Gasteiger partial charge in [0.05, 0.1) is 26.5 Å². The van der Waals surface area contributed by atoms with Gasteiger partial charge in [-0.25, -0.2) is 8.42 Å². The Bertz CT molecular complexity index is 763. The molecule has 26 heavy (non-hydrogen) atoms. The zero-order chi connectivity index (χ0) is 19.5. The minimum atomic E-state index is -3.41. The van der Waals surface area contributed by atoms with Gasteiger partial charge in [0.1, 0.15) is 6.04 Å². The van der Waals surface area contributed by atoms with Crippen molar-refractivity contribution in [3.8, 4) is 11.5 Å². The van der Waals surface area contributed by atoms with Gasteiger partial charge >= 0.3 is 0 Å². The first kappa shape index (κ1) is 20.5. The molecule has 146 valence electrons. The highest BCUT2D eigenvalue weighted by Crippen LogP contribution is 2.33. The first-order valence-electron chi connectivity index (χ1n) is 8.68. The lowest BCUT2D eigenvalue weighted by Gasteiger charge is -2.33. The molecule has 1 aliphatic rings. The summed E-state index contributed by atoms with van der Waals surface area (Å²) in [6, 6.07) is 2.77. The van der Waals surface area contributed by atoms with Gasteiger partial charge in [-0.1, -0.05) is 6.42 Å². The molecule has 0 radical (unpaired) electrons. The average Bonchev–Trinajstić information content (AvgIpc) is 2.60. The van der Waals surface area contributed by atoms with Crippen LogP contribution in [0.4, 0.5) is 0 Å². The van der Waals surface area contributed by atoms with Crippen LogP contribution in [-0.2, 0) is 14.8 Å². The normalized spacial score (nSPS) is 19.7. The number of sulfonamides is 1. The van der Waals surface area contributed by atoms with E-state index in [1.54, 1.807) is 14.2 Å². The predicted octanol–water partition coefficient (Wildman–Crippen LogP) is 2.00. The maximum Gasteiger partial charge on any atom is 0.238 e. The molecule has 2 rings (SSSR count). The van der Waals surface area contributed by atoms with Gasteiger partial charge in [0.25, 0.3) is 0 Å². The van der Waals surface area contributed by atoms with Crippen LogP contribution in [0.5, 0.6) is 11.5 Å². The Morgan fingerprint density at radius 1 is 1.23 bits per heavy atom. The molecule has 0 aromatic heterocycles. The number of nitrogens with one attached hydrogen (secondary N) is 1. The Kier molecular flexibility index (Phi) is 6.52. The van der Waals surface area contributed by atoms with Crippen molar-refractivity contribution in [3.05, 3.63) is 23.3 Å². The van der Waals surface area contributed by atoms with Gasteiger partial charge in [0, 0.05) is 6.54 Å². The highest BCUT2D eigenvalue weighted by atomic mass is 32.2. The molecule has 1 aromatic carbocycles. The third kappa shape index (κ3) is 4.48. The second kappa shape index (κ2) is 8.26. The Morgan fingerprint density at radius 3 is 2.42 bits per heavy atom. The number of ether oxygens (including phenoxy) is 2. The van der Waals surface area contributed by atoms with Crippen molar-refractivity contribution in [2.24, 2.45) is 0 Å². The molecule has 2 atom stereocenters. The molecule has 2 unspecified atom stereocenters. The summed E-state index contributed by atoms with van der Waals surface area (Å²) in [4.78, 5) is 12.8. The van der Waals surface area contributed by atoms with E-state index in [0.29, 0.717) is 24.5 Å². The molecular formula is C18H28N2O5S. The van der Waals surface area contributed by atoms with E-state index in [9.17, 15) is 13.2 Å². The number of amides is 1. The number of methoxy groups -OCH3 is 2. The number of hydrogen-bond acceptors (Lipinski definition) is 5. The molecule has 0 aliphatic carbocycles. The predicted molar refractivity (Wildman–Crippen MR) is 100 cm³/mol. The van der Waals surface area contributed by atoms with Gasteiger partial charge in [0.2, 0.25) is 15.9 Å². The third-order valence-electron chi connectivity index (χ3n) is 4.78. The van der Waals surface area contributed by atoms with Gasteiger partial charge < -0.3 is 14.8 Å². The van der Waals surface area contributed by atoms with Gasteiger partial charge in [-0.2, -0.15) is 4.31 Å². The maximum atomic E-state index is 12.8. The molecule has 7 nitrogen and oxygen atoms in total. The lowest BCUT2D eigenvalue weighted by atomic mass is 9.99. The number of benzene rings is 1. The number of piperidine rings is 1. The molecule has 1 aliphatic heterocycles. The van der Waals surface area contributed by atoms with Crippen LogP contribution in [0.15, 0.2) is 12.1 Å². The minimum Gasteiger partial charge on any atom is -0.493 e. The van der Waals surface area contributed by atoms with E-state index in [2.05, 4.69) is 5.32 Å². The Morgan fingerprint density at radius 2 is 1.85 bits per heavy atom. The van der Waals surface area contributed by atoms with Crippen molar-refractivity contribution >= 4 is 15.9 Å². The number of carbonyl (C=O) groups excluding carboxylic acids is 1. The monoisotopic (exact) mass is 384 g/mol. The van der Waals surface area contributed by atoms with E-state index in [1.807, 2.05) is 26.0 Å². The van der Waals surface area contributed by atoms with Gasteiger partial charge in [0.15, 0.2) is 11.5 Å². The molecule has 0 bridgehead atoms. The van der Waals surface area contributed by atoms with Crippen LogP contribution in [0.3, 0.4) is 0 Å². The summed E-state index contributed by atoms with van der Waals surface area (Å²) in [5, 5.41) is 2.96. The first-order valence-corrected chi connectivity index (χ1v) is 10.5. The van der Waals surface area contributed by atoms with Gasteiger partial charge in [-0.05, 0) is 49.9 Å².